The summed E-state index contributed by atoms with van der Waals surface area (Å²) in [6, 6.07) is 2.47. The maximum Gasteiger partial charge on any atom is 0.230 e. The number of carbonyl (C=O) groups excluding carboxylic acids is 1. The van der Waals surface area contributed by atoms with Crippen LogP contribution in [0, 0.1) is 23.0 Å². The number of piperidine rings is 1. The van der Waals surface area contributed by atoms with Crippen molar-refractivity contribution in [3.05, 3.63) is 23.8 Å². The van der Waals surface area contributed by atoms with Crippen LogP contribution in [0.4, 0.5) is 20.2 Å². The van der Waals surface area contributed by atoms with Gasteiger partial charge in [0.15, 0.2) is 11.6 Å². The summed E-state index contributed by atoms with van der Waals surface area (Å²) in [6.45, 7) is 1.37. The Kier molecular flexibility index (Phi) is 2.75. The number of anilines is 2. The van der Waals surface area contributed by atoms with Crippen LogP contribution in [0.15, 0.2) is 12.1 Å². The van der Waals surface area contributed by atoms with Crippen LogP contribution < -0.4 is 10.2 Å². The lowest BCUT2D eigenvalue weighted by Gasteiger charge is -2.29. The SMILES string of the molecule is O=C(Nc1cc(F)c(N2CCCCC2)c(F)c1)C12CC1C2. The predicted molar refractivity (Wildman–Crippen MR) is 76.2 cm³/mol. The summed E-state index contributed by atoms with van der Waals surface area (Å²) in [5.41, 5.74) is 0.0719. The highest BCUT2D eigenvalue weighted by atomic mass is 19.1. The third kappa shape index (κ3) is 2.10. The summed E-state index contributed by atoms with van der Waals surface area (Å²) >= 11 is 0. The van der Waals surface area contributed by atoms with Gasteiger partial charge in [0.25, 0.3) is 0 Å². The molecule has 0 atom stereocenters. The van der Waals surface area contributed by atoms with E-state index in [1.807, 2.05) is 0 Å². The fourth-order valence-corrected chi connectivity index (χ4v) is 3.39. The topological polar surface area (TPSA) is 32.3 Å². The molecule has 1 saturated heterocycles. The molecule has 1 aliphatic heterocycles. The highest BCUT2D eigenvalue weighted by molar-refractivity contribution is 6.00. The van der Waals surface area contributed by atoms with Gasteiger partial charge in [-0.25, -0.2) is 8.78 Å². The number of benzene rings is 1. The number of halogens is 2. The van der Waals surface area contributed by atoms with Gasteiger partial charge in [-0.2, -0.15) is 0 Å². The first-order valence-electron chi connectivity index (χ1n) is 7.66. The number of carbonyl (C=O) groups is 1. The molecule has 1 aromatic carbocycles. The van der Waals surface area contributed by atoms with Crippen LogP contribution in [0.2, 0.25) is 0 Å². The molecule has 4 rings (SSSR count). The van der Waals surface area contributed by atoms with Gasteiger partial charge in [0.2, 0.25) is 5.91 Å². The van der Waals surface area contributed by atoms with Gasteiger partial charge < -0.3 is 10.2 Å². The van der Waals surface area contributed by atoms with Crippen molar-refractivity contribution in [2.75, 3.05) is 23.3 Å². The molecule has 1 aromatic rings. The van der Waals surface area contributed by atoms with E-state index in [-0.39, 0.29) is 22.7 Å². The Balaban J connectivity index is 1.55. The lowest BCUT2D eigenvalue weighted by Crippen LogP contribution is -2.31. The summed E-state index contributed by atoms with van der Waals surface area (Å²) in [7, 11) is 0. The van der Waals surface area contributed by atoms with Gasteiger partial charge in [-0.1, -0.05) is 0 Å². The molecule has 0 unspecified atom stereocenters. The Morgan fingerprint density at radius 3 is 2.24 bits per heavy atom. The van der Waals surface area contributed by atoms with Crippen molar-refractivity contribution in [2.24, 2.45) is 11.3 Å². The van der Waals surface area contributed by atoms with Crippen molar-refractivity contribution in [1.29, 1.82) is 0 Å². The van der Waals surface area contributed by atoms with E-state index >= 15 is 0 Å². The molecule has 3 aliphatic rings. The molecule has 2 aliphatic carbocycles. The molecule has 3 fully saturated rings. The zero-order valence-electron chi connectivity index (χ0n) is 11.8. The Morgan fingerprint density at radius 1 is 1.14 bits per heavy atom. The second-order valence-corrected chi connectivity index (χ2v) is 6.55. The first-order valence-corrected chi connectivity index (χ1v) is 7.66. The van der Waals surface area contributed by atoms with E-state index in [1.165, 1.54) is 12.1 Å². The highest BCUT2D eigenvalue weighted by Crippen LogP contribution is 2.75. The molecule has 1 N–H and O–H groups in total. The van der Waals surface area contributed by atoms with Crippen molar-refractivity contribution >= 4 is 17.3 Å². The Morgan fingerprint density at radius 2 is 1.71 bits per heavy atom. The molecule has 3 nitrogen and oxygen atoms in total. The van der Waals surface area contributed by atoms with Crippen LogP contribution in [-0.2, 0) is 4.79 Å². The lowest BCUT2D eigenvalue weighted by atomic mass is 10.1. The molecular formula is C16H18F2N2O. The molecule has 0 bridgehead atoms. The van der Waals surface area contributed by atoms with E-state index in [2.05, 4.69) is 5.32 Å². The summed E-state index contributed by atoms with van der Waals surface area (Å²) in [6.07, 6.45) is 4.88. The quantitative estimate of drug-likeness (QED) is 0.927. The molecule has 5 heteroatoms. The Hall–Kier alpha value is -1.65. The minimum Gasteiger partial charge on any atom is -0.367 e. The molecule has 1 amide bonds. The third-order valence-electron chi connectivity index (χ3n) is 5.08. The van der Waals surface area contributed by atoms with Crippen LogP contribution in [-0.4, -0.2) is 19.0 Å². The molecule has 0 radical (unpaired) electrons. The first-order chi connectivity index (χ1) is 10.1. The van der Waals surface area contributed by atoms with E-state index < -0.39 is 11.6 Å². The van der Waals surface area contributed by atoms with Gasteiger partial charge in [-0.05, 0) is 50.2 Å². The minimum absolute atomic E-state index is 0.0431. The Bertz CT molecular complexity index is 581. The van der Waals surface area contributed by atoms with Gasteiger partial charge in [-0.15, -0.1) is 0 Å². The van der Waals surface area contributed by atoms with Crippen molar-refractivity contribution in [1.82, 2.24) is 0 Å². The zero-order chi connectivity index (χ0) is 14.6. The molecule has 0 aromatic heterocycles. The van der Waals surface area contributed by atoms with Crippen molar-refractivity contribution in [3.63, 3.8) is 0 Å². The lowest BCUT2D eigenvalue weighted by molar-refractivity contribution is -0.119. The zero-order valence-corrected chi connectivity index (χ0v) is 11.8. The third-order valence-corrected chi connectivity index (χ3v) is 5.08. The van der Waals surface area contributed by atoms with Crippen molar-refractivity contribution in [3.8, 4) is 0 Å². The summed E-state index contributed by atoms with van der Waals surface area (Å²) in [4.78, 5) is 13.7. The van der Waals surface area contributed by atoms with E-state index in [1.54, 1.807) is 4.90 Å². The monoisotopic (exact) mass is 292 g/mol. The predicted octanol–water partition coefficient (Wildman–Crippen LogP) is 3.30. The summed E-state index contributed by atoms with van der Waals surface area (Å²) in [5.74, 6) is -0.752. The Labute approximate surface area is 122 Å². The molecule has 1 heterocycles. The number of nitrogens with one attached hydrogen (secondary N) is 1. The normalized spacial score (nSPS) is 29.8. The van der Waals surface area contributed by atoms with E-state index in [4.69, 9.17) is 0 Å². The number of fused-ring (bicyclic) bond motifs is 1. The number of rotatable bonds is 3. The van der Waals surface area contributed by atoms with E-state index in [0.29, 0.717) is 19.0 Å². The number of hydrogen-bond acceptors (Lipinski definition) is 2. The summed E-state index contributed by atoms with van der Waals surface area (Å²) < 4.78 is 28.5. The number of amides is 1. The van der Waals surface area contributed by atoms with Gasteiger partial charge >= 0.3 is 0 Å². The second-order valence-electron chi connectivity index (χ2n) is 6.55. The molecule has 2 saturated carbocycles. The highest BCUT2D eigenvalue weighted by Gasteiger charge is 2.74. The first kappa shape index (κ1) is 13.0. The van der Waals surface area contributed by atoms with Crippen LogP contribution in [0.25, 0.3) is 0 Å². The fourth-order valence-electron chi connectivity index (χ4n) is 3.39. The van der Waals surface area contributed by atoms with Crippen molar-refractivity contribution < 1.29 is 13.6 Å². The fraction of sp³-hybridized carbons (Fsp3) is 0.562. The van der Waals surface area contributed by atoms with Crippen LogP contribution in [0.1, 0.15) is 32.1 Å². The number of nitrogens with zero attached hydrogens (tertiary/aromatic N) is 1. The second kappa shape index (κ2) is 4.42. The average molecular weight is 292 g/mol. The minimum atomic E-state index is -0.590. The largest absolute Gasteiger partial charge is 0.367 e. The van der Waals surface area contributed by atoms with Gasteiger partial charge in [-0.3, -0.25) is 4.79 Å². The van der Waals surface area contributed by atoms with Crippen molar-refractivity contribution in [2.45, 2.75) is 32.1 Å². The van der Waals surface area contributed by atoms with Gasteiger partial charge in [0.1, 0.15) is 5.69 Å². The average Bonchev–Trinajstić information content (AvgIpc) is 3.28. The van der Waals surface area contributed by atoms with E-state index in [0.717, 1.165) is 32.1 Å². The van der Waals surface area contributed by atoms with Crippen LogP contribution in [0.3, 0.4) is 0 Å². The molecule has 112 valence electrons. The maximum absolute atomic E-state index is 14.2. The van der Waals surface area contributed by atoms with E-state index in [9.17, 15) is 13.6 Å². The van der Waals surface area contributed by atoms with Gasteiger partial charge in [0.05, 0.1) is 5.41 Å². The van der Waals surface area contributed by atoms with Gasteiger partial charge in [0, 0.05) is 18.8 Å². The smallest absolute Gasteiger partial charge is 0.230 e. The van der Waals surface area contributed by atoms with Crippen LogP contribution in [0.5, 0.6) is 0 Å². The maximum atomic E-state index is 14.2. The molecular weight excluding hydrogens is 274 g/mol. The standard InChI is InChI=1S/C16H18F2N2O/c17-12-6-11(19-15(21)16-8-10(16)9-16)7-13(18)14(12)20-4-2-1-3-5-20/h6-7,10H,1-5,8-9H2,(H,19,21). The summed E-state index contributed by atoms with van der Waals surface area (Å²) in [5, 5.41) is 2.66. The molecule has 21 heavy (non-hydrogen) atoms. The number of hydrogen-bond donors (Lipinski definition) is 1. The van der Waals surface area contributed by atoms with Crippen LogP contribution >= 0.6 is 0 Å². The molecule has 0 spiro atoms.